The highest BCUT2D eigenvalue weighted by Crippen LogP contribution is 2.28. The fourth-order valence-electron chi connectivity index (χ4n) is 4.44. The molecule has 0 saturated carbocycles. The van der Waals surface area contributed by atoms with Crippen molar-refractivity contribution in [3.8, 4) is 5.69 Å². The fraction of sp³-hybridized carbons (Fsp3) is 0.571. The standard InChI is InChI=1S/C21H29N5O.ClH/c1-14(2)18-6-4-5-7-19(18)26-15(3)23-20(24-26)21(27)25-10-8-16-12-22-13-17(16)9-11-25;/h4-7,14,16-17,22H,8-13H2,1-3H3;1H/t16-,17+;. The molecule has 0 unspecified atom stereocenters. The Kier molecular flexibility index (Phi) is 6.40. The fourth-order valence-corrected chi connectivity index (χ4v) is 4.44. The van der Waals surface area contributed by atoms with Crippen molar-refractivity contribution >= 4 is 18.3 Å². The number of aromatic nitrogens is 3. The van der Waals surface area contributed by atoms with E-state index in [0.717, 1.165) is 50.5 Å². The third-order valence-corrected chi connectivity index (χ3v) is 6.05. The second kappa shape index (κ2) is 8.62. The van der Waals surface area contributed by atoms with Crippen molar-refractivity contribution < 1.29 is 4.79 Å². The molecule has 2 atom stereocenters. The maximum atomic E-state index is 13.1. The van der Waals surface area contributed by atoms with Crippen LogP contribution in [0.25, 0.3) is 5.69 Å². The van der Waals surface area contributed by atoms with Gasteiger partial charge in [-0.3, -0.25) is 4.79 Å². The Morgan fingerprint density at radius 2 is 1.79 bits per heavy atom. The van der Waals surface area contributed by atoms with Gasteiger partial charge < -0.3 is 10.2 Å². The first-order chi connectivity index (χ1) is 13.0. The molecule has 2 fully saturated rings. The molecule has 1 aromatic carbocycles. The van der Waals surface area contributed by atoms with Crippen LogP contribution in [0.4, 0.5) is 0 Å². The highest BCUT2D eigenvalue weighted by Gasteiger charge is 2.32. The molecule has 0 aliphatic carbocycles. The number of likely N-dealkylation sites (tertiary alicyclic amines) is 1. The summed E-state index contributed by atoms with van der Waals surface area (Å²) >= 11 is 0. The lowest BCUT2D eigenvalue weighted by Crippen LogP contribution is -2.33. The molecule has 0 bridgehead atoms. The first-order valence-corrected chi connectivity index (χ1v) is 10.1. The Balaban J connectivity index is 0.00000225. The highest BCUT2D eigenvalue weighted by atomic mass is 35.5. The van der Waals surface area contributed by atoms with Gasteiger partial charge in [-0.25, -0.2) is 9.67 Å². The quantitative estimate of drug-likeness (QED) is 0.854. The van der Waals surface area contributed by atoms with Crippen LogP contribution >= 0.6 is 12.4 Å². The zero-order valence-electron chi connectivity index (χ0n) is 16.9. The molecule has 4 rings (SSSR count). The number of aryl methyl sites for hydroxylation is 1. The number of carbonyl (C=O) groups is 1. The van der Waals surface area contributed by atoms with Crippen molar-refractivity contribution in [2.24, 2.45) is 11.8 Å². The average molecular weight is 404 g/mol. The first kappa shape index (κ1) is 20.8. The SMILES string of the molecule is Cc1nc(C(=O)N2CC[C@@H]3CNC[C@@H]3CC2)nn1-c1ccccc1C(C)C.Cl. The molecule has 2 aliphatic heterocycles. The van der Waals surface area contributed by atoms with Gasteiger partial charge in [-0.15, -0.1) is 17.5 Å². The molecule has 1 amide bonds. The number of fused-ring (bicyclic) bond motifs is 1. The van der Waals surface area contributed by atoms with E-state index >= 15 is 0 Å². The Morgan fingerprint density at radius 3 is 2.43 bits per heavy atom. The van der Waals surface area contributed by atoms with Crippen LogP contribution < -0.4 is 5.32 Å². The van der Waals surface area contributed by atoms with Gasteiger partial charge in [-0.05, 0) is 62.2 Å². The van der Waals surface area contributed by atoms with Gasteiger partial charge >= 0.3 is 0 Å². The van der Waals surface area contributed by atoms with Crippen LogP contribution in [0.15, 0.2) is 24.3 Å². The third-order valence-electron chi connectivity index (χ3n) is 6.05. The second-order valence-corrected chi connectivity index (χ2v) is 8.16. The number of nitrogens with zero attached hydrogens (tertiary/aromatic N) is 4. The van der Waals surface area contributed by atoms with Gasteiger partial charge in [0, 0.05) is 13.1 Å². The summed E-state index contributed by atoms with van der Waals surface area (Å²) in [7, 11) is 0. The summed E-state index contributed by atoms with van der Waals surface area (Å²) in [4.78, 5) is 19.5. The van der Waals surface area contributed by atoms with E-state index in [9.17, 15) is 4.79 Å². The Morgan fingerprint density at radius 1 is 1.14 bits per heavy atom. The van der Waals surface area contributed by atoms with Crippen LogP contribution in [0.2, 0.25) is 0 Å². The number of carbonyl (C=O) groups excluding carboxylic acids is 1. The molecule has 2 saturated heterocycles. The second-order valence-electron chi connectivity index (χ2n) is 8.16. The van der Waals surface area contributed by atoms with Crippen LogP contribution in [0, 0.1) is 18.8 Å². The van der Waals surface area contributed by atoms with Crippen LogP contribution in [-0.4, -0.2) is 51.8 Å². The van der Waals surface area contributed by atoms with Crippen molar-refractivity contribution in [2.45, 2.75) is 39.5 Å². The molecule has 0 radical (unpaired) electrons. The molecule has 2 aliphatic rings. The maximum Gasteiger partial charge on any atom is 0.293 e. The normalized spacial score (nSPS) is 21.9. The van der Waals surface area contributed by atoms with Gasteiger partial charge in [0.25, 0.3) is 5.91 Å². The number of rotatable bonds is 3. The van der Waals surface area contributed by atoms with E-state index in [1.165, 1.54) is 5.56 Å². The number of amides is 1. The average Bonchev–Trinajstić information content (AvgIpc) is 3.22. The molecule has 152 valence electrons. The lowest BCUT2D eigenvalue weighted by Gasteiger charge is -2.19. The summed E-state index contributed by atoms with van der Waals surface area (Å²) < 4.78 is 1.82. The van der Waals surface area contributed by atoms with Gasteiger partial charge in [0.1, 0.15) is 5.82 Å². The number of hydrogen-bond acceptors (Lipinski definition) is 4. The summed E-state index contributed by atoms with van der Waals surface area (Å²) in [5.41, 5.74) is 2.22. The number of benzene rings is 1. The van der Waals surface area contributed by atoms with Crippen LogP contribution in [0.1, 0.15) is 54.6 Å². The van der Waals surface area contributed by atoms with Gasteiger partial charge in [-0.1, -0.05) is 32.0 Å². The monoisotopic (exact) mass is 403 g/mol. The van der Waals surface area contributed by atoms with Gasteiger partial charge in [0.2, 0.25) is 5.82 Å². The number of hydrogen-bond donors (Lipinski definition) is 1. The van der Waals surface area contributed by atoms with Crippen LogP contribution in [0.3, 0.4) is 0 Å². The predicted molar refractivity (Wildman–Crippen MR) is 112 cm³/mol. The summed E-state index contributed by atoms with van der Waals surface area (Å²) in [5.74, 6) is 2.81. The van der Waals surface area contributed by atoms with Gasteiger partial charge in [-0.2, -0.15) is 0 Å². The van der Waals surface area contributed by atoms with Crippen molar-refractivity contribution in [2.75, 3.05) is 26.2 Å². The Hall–Kier alpha value is -1.92. The molecule has 7 heteroatoms. The third kappa shape index (κ3) is 3.94. The number of para-hydroxylation sites is 1. The van der Waals surface area contributed by atoms with Gasteiger partial charge in [0.15, 0.2) is 0 Å². The minimum atomic E-state index is -0.0354. The van der Waals surface area contributed by atoms with Crippen molar-refractivity contribution in [1.82, 2.24) is 25.0 Å². The van der Waals surface area contributed by atoms with Crippen LogP contribution in [-0.2, 0) is 0 Å². The molecule has 1 aromatic heterocycles. The van der Waals surface area contributed by atoms with E-state index in [1.807, 2.05) is 34.7 Å². The molecular formula is C21H30ClN5O. The molecule has 6 nitrogen and oxygen atoms in total. The zero-order valence-corrected chi connectivity index (χ0v) is 17.7. The minimum Gasteiger partial charge on any atom is -0.336 e. The lowest BCUT2D eigenvalue weighted by atomic mass is 9.92. The molecule has 1 N–H and O–H groups in total. The number of halogens is 1. The summed E-state index contributed by atoms with van der Waals surface area (Å²) in [6.45, 7) is 10.0. The van der Waals surface area contributed by atoms with E-state index in [4.69, 9.17) is 0 Å². The van der Waals surface area contributed by atoms with Crippen LogP contribution in [0.5, 0.6) is 0 Å². The van der Waals surface area contributed by atoms with E-state index in [2.05, 4.69) is 35.3 Å². The smallest absolute Gasteiger partial charge is 0.293 e. The maximum absolute atomic E-state index is 13.1. The largest absolute Gasteiger partial charge is 0.336 e. The summed E-state index contributed by atoms with van der Waals surface area (Å²) in [6, 6.07) is 8.21. The molecule has 2 aromatic rings. The van der Waals surface area contributed by atoms with E-state index in [0.29, 0.717) is 23.6 Å². The zero-order chi connectivity index (χ0) is 19.0. The predicted octanol–water partition coefficient (Wildman–Crippen LogP) is 3.19. The Labute approximate surface area is 173 Å². The Bertz CT molecular complexity index is 820. The molecular weight excluding hydrogens is 374 g/mol. The van der Waals surface area contributed by atoms with Crippen molar-refractivity contribution in [1.29, 1.82) is 0 Å². The molecule has 0 spiro atoms. The van der Waals surface area contributed by atoms with Gasteiger partial charge in [0.05, 0.1) is 5.69 Å². The highest BCUT2D eigenvalue weighted by molar-refractivity contribution is 5.90. The first-order valence-electron chi connectivity index (χ1n) is 10.1. The molecule has 3 heterocycles. The summed E-state index contributed by atoms with van der Waals surface area (Å²) in [6.07, 6.45) is 2.14. The van der Waals surface area contributed by atoms with E-state index in [-0.39, 0.29) is 18.3 Å². The topological polar surface area (TPSA) is 63.1 Å². The molecule has 28 heavy (non-hydrogen) atoms. The van der Waals surface area contributed by atoms with E-state index in [1.54, 1.807) is 0 Å². The minimum absolute atomic E-state index is 0. The van der Waals surface area contributed by atoms with E-state index < -0.39 is 0 Å². The lowest BCUT2D eigenvalue weighted by molar-refractivity contribution is 0.0746. The van der Waals surface area contributed by atoms with Crippen molar-refractivity contribution in [3.05, 3.63) is 41.5 Å². The van der Waals surface area contributed by atoms with Crippen molar-refractivity contribution in [3.63, 3.8) is 0 Å². The number of nitrogens with one attached hydrogen (secondary N) is 1. The summed E-state index contributed by atoms with van der Waals surface area (Å²) in [5, 5.41) is 8.08.